The lowest BCUT2D eigenvalue weighted by molar-refractivity contribution is -0.662. The summed E-state index contributed by atoms with van der Waals surface area (Å²) in [7, 11) is 2.07. The lowest BCUT2D eigenvalue weighted by atomic mass is 9.96. The van der Waals surface area contributed by atoms with Gasteiger partial charge in [0, 0.05) is 18.2 Å². The molecule has 0 radical (unpaired) electrons. The number of nitrogens with zero attached hydrogens (tertiary/aromatic N) is 4. The van der Waals surface area contributed by atoms with E-state index in [9.17, 15) is 0 Å². The van der Waals surface area contributed by atoms with Gasteiger partial charge in [-0.15, -0.1) is 0 Å². The van der Waals surface area contributed by atoms with Crippen LogP contribution in [0, 0.1) is 20.8 Å². The van der Waals surface area contributed by atoms with Gasteiger partial charge in [-0.05, 0) is 73.1 Å². The van der Waals surface area contributed by atoms with Crippen molar-refractivity contribution in [1.82, 2.24) is 14.5 Å². The maximum Gasteiger partial charge on any atom is 0.287 e. The second-order valence-electron chi connectivity index (χ2n) is 7.82. The van der Waals surface area contributed by atoms with Gasteiger partial charge in [0.15, 0.2) is 5.52 Å². The second-order valence-corrected chi connectivity index (χ2v) is 7.82. The smallest absolute Gasteiger partial charge is 0.287 e. The molecule has 0 unspecified atom stereocenters. The fourth-order valence-electron chi connectivity index (χ4n) is 4.30. The van der Waals surface area contributed by atoms with Crippen LogP contribution in [-0.2, 0) is 13.5 Å². The van der Waals surface area contributed by atoms with Gasteiger partial charge in [0.05, 0.1) is 23.5 Å². The van der Waals surface area contributed by atoms with Crippen molar-refractivity contribution in [3.8, 4) is 11.3 Å². The van der Waals surface area contributed by atoms with E-state index < -0.39 is 0 Å². The zero-order chi connectivity index (χ0) is 18.9. The van der Waals surface area contributed by atoms with Crippen molar-refractivity contribution in [2.75, 3.05) is 0 Å². The van der Waals surface area contributed by atoms with E-state index >= 15 is 0 Å². The number of fused-ring (bicyclic) bond motifs is 4. The molecule has 2 aromatic heterocycles. The maximum absolute atomic E-state index is 4.94. The van der Waals surface area contributed by atoms with Gasteiger partial charge in [-0.1, -0.05) is 6.07 Å². The molecule has 1 aliphatic heterocycles. The van der Waals surface area contributed by atoms with Gasteiger partial charge in [-0.25, -0.2) is 9.55 Å². The van der Waals surface area contributed by atoms with E-state index in [-0.39, 0.29) is 0 Å². The Balaban J connectivity index is 1.86. The summed E-state index contributed by atoms with van der Waals surface area (Å²) < 4.78 is 4.39. The van der Waals surface area contributed by atoms with Crippen LogP contribution >= 0.6 is 0 Å². The van der Waals surface area contributed by atoms with Gasteiger partial charge < -0.3 is 4.57 Å². The summed E-state index contributed by atoms with van der Waals surface area (Å²) in [6.45, 7) is 8.71. The molecule has 2 aromatic carbocycles. The molecule has 5 rings (SSSR count). The van der Waals surface area contributed by atoms with Crippen molar-refractivity contribution in [3.05, 3.63) is 58.7 Å². The fraction of sp³-hybridized carbons (Fsp3) is 0.261. The van der Waals surface area contributed by atoms with Crippen LogP contribution < -0.4 is 4.57 Å². The molecule has 1 aliphatic rings. The summed E-state index contributed by atoms with van der Waals surface area (Å²) >= 11 is 0. The van der Waals surface area contributed by atoms with Crippen molar-refractivity contribution in [2.45, 2.75) is 34.1 Å². The molecule has 3 heterocycles. The van der Waals surface area contributed by atoms with Crippen LogP contribution in [0.15, 0.2) is 36.2 Å². The molecule has 4 nitrogen and oxygen atoms in total. The number of rotatable bonds is 1. The normalized spacial score (nSPS) is 13.4. The first kappa shape index (κ1) is 16.2. The molecule has 4 heteroatoms. The molecule has 134 valence electrons. The van der Waals surface area contributed by atoms with Crippen molar-refractivity contribution in [1.29, 1.82) is 0 Å². The third kappa shape index (κ3) is 2.26. The first-order valence-electron chi connectivity index (χ1n) is 9.37. The lowest BCUT2D eigenvalue weighted by Crippen LogP contribution is -2.32. The van der Waals surface area contributed by atoms with E-state index in [1.807, 2.05) is 6.33 Å². The first-order valence-corrected chi connectivity index (χ1v) is 9.37. The highest BCUT2D eigenvalue weighted by Crippen LogP contribution is 2.35. The predicted octanol–water partition coefficient (Wildman–Crippen LogP) is 4.42. The minimum absolute atomic E-state index is 0.938. The maximum atomic E-state index is 4.94. The van der Waals surface area contributed by atoms with E-state index in [2.05, 4.69) is 79.3 Å². The van der Waals surface area contributed by atoms with Crippen molar-refractivity contribution in [2.24, 2.45) is 7.05 Å². The quantitative estimate of drug-likeness (QED) is 0.474. The molecule has 27 heavy (non-hydrogen) atoms. The van der Waals surface area contributed by atoms with Crippen molar-refractivity contribution < 1.29 is 4.57 Å². The highest BCUT2D eigenvalue weighted by atomic mass is 15.1. The molecular formula is C23H23N4+. The molecule has 0 saturated carbocycles. The monoisotopic (exact) mass is 355 g/mol. The minimum Gasteiger partial charge on any atom is -0.303 e. The highest BCUT2D eigenvalue weighted by Gasteiger charge is 2.23. The number of hydrogen-bond acceptors (Lipinski definition) is 2. The summed E-state index contributed by atoms with van der Waals surface area (Å²) in [5.74, 6) is 1.14. The summed E-state index contributed by atoms with van der Waals surface area (Å²) in [5.41, 5.74) is 11.0. The number of allylic oxidation sites excluding steroid dienone is 1. The van der Waals surface area contributed by atoms with Gasteiger partial charge in [0.2, 0.25) is 0 Å². The summed E-state index contributed by atoms with van der Waals surface area (Å²) in [4.78, 5) is 9.57. The Kier molecular flexibility index (Phi) is 3.29. The summed E-state index contributed by atoms with van der Waals surface area (Å²) in [5, 5.41) is 1.18. The highest BCUT2D eigenvalue weighted by molar-refractivity contribution is 5.96. The zero-order valence-corrected chi connectivity index (χ0v) is 16.5. The molecule has 0 saturated heterocycles. The molecule has 0 spiro atoms. The summed E-state index contributed by atoms with van der Waals surface area (Å²) in [6, 6.07) is 8.75. The third-order valence-corrected chi connectivity index (χ3v) is 5.79. The van der Waals surface area contributed by atoms with Crippen molar-refractivity contribution in [3.63, 3.8) is 0 Å². The Morgan fingerprint density at radius 2 is 1.81 bits per heavy atom. The topological polar surface area (TPSA) is 34.6 Å². The minimum atomic E-state index is 0.938. The van der Waals surface area contributed by atoms with E-state index in [4.69, 9.17) is 4.98 Å². The van der Waals surface area contributed by atoms with E-state index in [1.54, 1.807) is 0 Å². The number of benzene rings is 2. The van der Waals surface area contributed by atoms with Crippen molar-refractivity contribution >= 4 is 28.1 Å². The van der Waals surface area contributed by atoms with Crippen LogP contribution in [0.3, 0.4) is 0 Å². The van der Waals surface area contributed by atoms with Crippen LogP contribution in [0.4, 0.5) is 0 Å². The predicted molar refractivity (Wildman–Crippen MR) is 110 cm³/mol. The molecule has 0 atom stereocenters. The Hall–Kier alpha value is -3.01. The molecule has 0 fully saturated rings. The van der Waals surface area contributed by atoms with Gasteiger partial charge in [-0.3, -0.25) is 0 Å². The standard InChI is InChI=1S/C23H23N4/c1-13-6-7-17-19(8-13)24-12-26(5)23(17)18-10-20-22(16(4)15(18)3)27-11-14(2)9-21(27)25-20/h6-8,10-12H,9H2,1-5H3/q+1. The zero-order valence-electron chi connectivity index (χ0n) is 16.5. The Morgan fingerprint density at radius 1 is 1.00 bits per heavy atom. The Labute approximate surface area is 158 Å². The largest absolute Gasteiger partial charge is 0.303 e. The van der Waals surface area contributed by atoms with Gasteiger partial charge >= 0.3 is 0 Å². The van der Waals surface area contributed by atoms with Gasteiger partial charge in [0.1, 0.15) is 11.5 Å². The Morgan fingerprint density at radius 3 is 2.63 bits per heavy atom. The van der Waals surface area contributed by atoms with Gasteiger partial charge in [0.25, 0.3) is 6.33 Å². The van der Waals surface area contributed by atoms with Crippen LogP contribution in [0.25, 0.3) is 39.4 Å². The fourth-order valence-corrected chi connectivity index (χ4v) is 4.30. The number of imidazole rings is 1. The SMILES string of the molecule is CC1=Cn2c(nc3cc(-c4c5ccc(C)cc5nc[n+]4C)c(C)c(C)c32)C1. The van der Waals surface area contributed by atoms with Crippen LogP contribution in [-0.4, -0.2) is 14.5 Å². The summed E-state index contributed by atoms with van der Waals surface area (Å²) in [6.07, 6.45) is 5.07. The number of aromatic nitrogens is 4. The van der Waals surface area contributed by atoms with Crippen LogP contribution in [0.5, 0.6) is 0 Å². The molecule has 0 bridgehead atoms. The number of aryl methyl sites for hydroxylation is 3. The molecule has 0 N–H and O–H groups in total. The average Bonchev–Trinajstić information content (AvgIpc) is 3.14. The van der Waals surface area contributed by atoms with Crippen LogP contribution in [0.1, 0.15) is 29.4 Å². The second kappa shape index (κ2) is 5.49. The molecule has 0 aliphatic carbocycles. The van der Waals surface area contributed by atoms with E-state index in [1.165, 1.54) is 44.4 Å². The van der Waals surface area contributed by atoms with Gasteiger partial charge in [-0.2, -0.15) is 0 Å². The lowest BCUT2D eigenvalue weighted by Gasteiger charge is -2.13. The van der Waals surface area contributed by atoms with Crippen LogP contribution in [0.2, 0.25) is 0 Å². The molecule has 4 aromatic rings. The molecular weight excluding hydrogens is 332 g/mol. The number of hydrogen-bond donors (Lipinski definition) is 0. The van der Waals surface area contributed by atoms with E-state index in [0.717, 1.165) is 23.3 Å². The first-order chi connectivity index (χ1) is 12.9. The average molecular weight is 355 g/mol. The molecule has 0 amide bonds. The van der Waals surface area contributed by atoms with E-state index in [0.29, 0.717) is 0 Å². The third-order valence-electron chi connectivity index (χ3n) is 5.79. The Bertz CT molecular complexity index is 1290.